The lowest BCUT2D eigenvalue weighted by atomic mass is 10.0. The number of benzene rings is 1. The van der Waals surface area contributed by atoms with Gasteiger partial charge in [-0.15, -0.1) is 0 Å². The van der Waals surface area contributed by atoms with E-state index in [1.54, 1.807) is 13.8 Å². The number of phenolic OH excluding ortho intramolecular Hbond substituents is 1. The van der Waals surface area contributed by atoms with Crippen LogP contribution in [0.2, 0.25) is 0 Å². The molecule has 1 heterocycles. The Labute approximate surface area is 466 Å². The lowest BCUT2D eigenvalue weighted by Crippen LogP contribution is -2.61. The summed E-state index contributed by atoms with van der Waals surface area (Å²) in [5, 5.41) is 55.6. The predicted octanol–water partition coefficient (Wildman–Crippen LogP) is -5.34. The molecule has 0 radical (unpaired) electrons. The van der Waals surface area contributed by atoms with Crippen LogP contribution in [-0.2, 0) is 70.4 Å². The van der Waals surface area contributed by atoms with Crippen molar-refractivity contribution in [2.45, 2.75) is 147 Å². The molecule has 2 aromatic rings. The second kappa shape index (κ2) is 33.0. The summed E-state index contributed by atoms with van der Waals surface area (Å²) in [6.45, 7) is 10.4. The molecule has 31 heteroatoms. The van der Waals surface area contributed by atoms with E-state index in [1.165, 1.54) is 78.3 Å². The third-order valence-electron chi connectivity index (χ3n) is 11.6. The third kappa shape index (κ3) is 23.2. The molecule has 29 nitrogen and oxygen atoms in total. The van der Waals surface area contributed by atoms with Gasteiger partial charge in [0, 0.05) is 36.2 Å². The zero-order valence-electron chi connectivity index (χ0n) is 44.9. The number of aromatic nitrogens is 2. The molecule has 0 fully saturated rings. The van der Waals surface area contributed by atoms with Crippen LogP contribution in [0.15, 0.2) is 36.8 Å². The van der Waals surface area contributed by atoms with E-state index in [2.05, 4.69) is 93.7 Å². The first-order chi connectivity index (χ1) is 37.0. The van der Waals surface area contributed by atoms with Crippen molar-refractivity contribution in [3.8, 4) is 5.75 Å². The number of hydrogen-bond donors (Lipinski definition) is 18. The minimum atomic E-state index is -1.62. The number of H-pyrrole nitrogens is 1. The Balaban J connectivity index is 2.22. The molecule has 17 N–H and O–H groups in total. The van der Waals surface area contributed by atoms with Crippen molar-refractivity contribution >= 4 is 96.2 Å². The van der Waals surface area contributed by atoms with Crippen molar-refractivity contribution in [3.63, 3.8) is 0 Å². The van der Waals surface area contributed by atoms with Crippen LogP contribution in [0, 0.1) is 5.92 Å². The number of carbonyl (C=O) groups excluding carboxylic acids is 11. The number of phenols is 1. The summed E-state index contributed by atoms with van der Waals surface area (Å²) in [4.78, 5) is 164. The quantitative estimate of drug-likeness (QED) is 0.0304. The van der Waals surface area contributed by atoms with Gasteiger partial charge in [0.15, 0.2) is 0 Å². The van der Waals surface area contributed by atoms with E-state index in [0.29, 0.717) is 11.3 Å². The summed E-state index contributed by atoms with van der Waals surface area (Å²) in [5.41, 5.74) is 6.36. The molecule has 438 valence electrons. The molecule has 0 spiro atoms. The third-order valence-corrected chi connectivity index (χ3v) is 12.3. The van der Waals surface area contributed by atoms with Gasteiger partial charge in [0.1, 0.15) is 72.2 Å². The summed E-state index contributed by atoms with van der Waals surface area (Å²) in [5.74, 6) is -11.7. The Kier molecular flexibility index (Phi) is 28.3. The van der Waals surface area contributed by atoms with Crippen LogP contribution in [-0.4, -0.2) is 187 Å². The van der Waals surface area contributed by atoms with Crippen molar-refractivity contribution in [1.29, 1.82) is 0 Å². The highest BCUT2D eigenvalue weighted by Gasteiger charge is 2.35. The Morgan fingerprint density at radius 2 is 0.848 bits per heavy atom. The van der Waals surface area contributed by atoms with Gasteiger partial charge in [0.25, 0.3) is 0 Å². The normalized spacial score (nSPS) is 15.6. The van der Waals surface area contributed by atoms with Crippen LogP contribution in [0.5, 0.6) is 5.75 Å². The SMILES string of the molecule is CC(C)C[C@H](NC(=O)[C@H](CS)NC(=O)[C@H](C)NC(=O)[C@H](Cc1ccc(O)cc1)NC(=O)[C@H](CO)NC(=O)[C@H](C)NC(=O)[C@H](C)N)C(=O)N[C@@H](Cc1cnc[nH]1)C(=O)N[C@@H](C)C(=O)N[C@@H](C)C(=O)N[C@@H](CS)C(=O)N[C@@H](C)C(=O)O. The maximum atomic E-state index is 14.0. The van der Waals surface area contributed by atoms with Gasteiger partial charge >= 0.3 is 5.97 Å². The number of aromatic hydroxyl groups is 1. The number of aromatic amines is 1. The topological polar surface area (TPSA) is 453 Å². The fraction of sp³-hybridized carbons (Fsp3) is 0.562. The minimum Gasteiger partial charge on any atom is -0.508 e. The molecular formula is C48H74N14O15S2. The second-order valence-corrected chi connectivity index (χ2v) is 19.7. The van der Waals surface area contributed by atoms with Crippen LogP contribution >= 0.6 is 25.3 Å². The zero-order chi connectivity index (χ0) is 59.8. The largest absolute Gasteiger partial charge is 0.508 e. The van der Waals surface area contributed by atoms with Crippen molar-refractivity contribution in [1.82, 2.24) is 68.5 Å². The number of thiol groups is 2. The van der Waals surface area contributed by atoms with Gasteiger partial charge in [-0.2, -0.15) is 25.3 Å². The number of aliphatic carboxylic acids is 1. The summed E-state index contributed by atoms with van der Waals surface area (Å²) in [7, 11) is 0. The maximum absolute atomic E-state index is 14.0. The first-order valence-corrected chi connectivity index (χ1v) is 26.2. The van der Waals surface area contributed by atoms with Crippen LogP contribution in [0.1, 0.15) is 73.1 Å². The average Bonchev–Trinajstić information content (AvgIpc) is 3.91. The second-order valence-electron chi connectivity index (χ2n) is 19.0. The van der Waals surface area contributed by atoms with E-state index >= 15 is 0 Å². The molecule has 2 rings (SSSR count). The fourth-order valence-electron chi connectivity index (χ4n) is 6.84. The monoisotopic (exact) mass is 1150 g/mol. The molecule has 79 heavy (non-hydrogen) atoms. The van der Waals surface area contributed by atoms with Crippen molar-refractivity contribution < 1.29 is 72.9 Å². The van der Waals surface area contributed by atoms with Crippen LogP contribution < -0.4 is 64.2 Å². The van der Waals surface area contributed by atoms with E-state index < -0.39 is 150 Å². The number of nitrogens with one attached hydrogen (secondary N) is 12. The van der Waals surface area contributed by atoms with Crippen LogP contribution in [0.4, 0.5) is 0 Å². The standard InChI is InChI=1S/C48H74N14O15S2/c1-21(2)13-31(44(72)59-33(15-29-16-50-20-51-29)43(71)54-23(4)38(66)53-25(6)40(68)61-35(18-78)46(74)56-27(8)48(76)77)57-47(75)36(19-79)62-41(69)26(7)55-42(70)32(14-28-9-11-30(64)12-10-28)58-45(73)34(17-63)60-39(67)24(5)52-37(65)22(3)49/h9-12,16,20-27,31-36,63-64,78-79H,13-15,17-19,49H2,1-8H3,(H,50,51)(H,52,65)(H,53,66)(H,54,71)(H,55,70)(H,56,74)(H,57,75)(H,58,73)(H,59,72)(H,60,67)(H,61,68)(H,62,69)(H,76,77)/t22-,23-,24-,25-,26-,27-,31-,32-,33-,34-,35-,36-/m0/s1. The number of carbonyl (C=O) groups is 12. The number of carboxylic acids is 1. The highest BCUT2D eigenvalue weighted by molar-refractivity contribution is 7.80. The highest BCUT2D eigenvalue weighted by atomic mass is 32.1. The highest BCUT2D eigenvalue weighted by Crippen LogP contribution is 2.13. The van der Waals surface area contributed by atoms with E-state index in [4.69, 9.17) is 10.8 Å². The zero-order valence-corrected chi connectivity index (χ0v) is 46.7. The minimum absolute atomic E-state index is 0.0147. The molecule has 0 saturated heterocycles. The first-order valence-electron chi connectivity index (χ1n) is 24.9. The first kappa shape index (κ1) is 67.6. The van der Waals surface area contributed by atoms with Gasteiger partial charge in [-0.3, -0.25) is 57.5 Å². The number of hydrogen-bond acceptors (Lipinski definition) is 18. The number of rotatable bonds is 32. The summed E-state index contributed by atoms with van der Waals surface area (Å²) in [6, 6.07) is -10.3. The lowest BCUT2D eigenvalue weighted by molar-refractivity contribution is -0.141. The molecular weight excluding hydrogens is 1080 g/mol. The number of carboxylic acid groups (broad SMARTS) is 1. The number of imidazole rings is 1. The van der Waals surface area contributed by atoms with Crippen molar-refractivity contribution in [2.24, 2.45) is 11.7 Å². The fourth-order valence-corrected chi connectivity index (χ4v) is 7.36. The van der Waals surface area contributed by atoms with Gasteiger partial charge in [0.2, 0.25) is 65.0 Å². The van der Waals surface area contributed by atoms with E-state index in [-0.39, 0.29) is 42.4 Å². The molecule has 0 aliphatic rings. The number of aliphatic hydroxyl groups is 1. The summed E-state index contributed by atoms with van der Waals surface area (Å²) >= 11 is 8.27. The maximum Gasteiger partial charge on any atom is 0.325 e. The van der Waals surface area contributed by atoms with Crippen molar-refractivity contribution in [2.75, 3.05) is 18.1 Å². The summed E-state index contributed by atoms with van der Waals surface area (Å²) in [6.07, 6.45) is 2.32. The predicted molar refractivity (Wildman–Crippen MR) is 289 cm³/mol. The molecule has 1 aromatic heterocycles. The molecule has 0 unspecified atom stereocenters. The van der Waals surface area contributed by atoms with Gasteiger partial charge in [-0.25, -0.2) is 4.98 Å². The molecule has 0 bridgehead atoms. The Morgan fingerprint density at radius 1 is 0.494 bits per heavy atom. The molecule has 11 amide bonds. The molecule has 0 aliphatic heterocycles. The smallest absolute Gasteiger partial charge is 0.325 e. The van der Waals surface area contributed by atoms with Crippen LogP contribution in [0.3, 0.4) is 0 Å². The van der Waals surface area contributed by atoms with Crippen molar-refractivity contribution in [3.05, 3.63) is 48.0 Å². The van der Waals surface area contributed by atoms with Gasteiger partial charge in [-0.1, -0.05) is 26.0 Å². The lowest BCUT2D eigenvalue weighted by Gasteiger charge is -2.27. The Bertz CT molecular complexity index is 2450. The van der Waals surface area contributed by atoms with E-state index in [9.17, 15) is 67.7 Å². The average molecular weight is 1150 g/mol. The molecule has 12 atom stereocenters. The van der Waals surface area contributed by atoms with Gasteiger partial charge in [0.05, 0.1) is 19.0 Å². The molecule has 0 aliphatic carbocycles. The Morgan fingerprint density at radius 3 is 1.27 bits per heavy atom. The van der Waals surface area contributed by atoms with Gasteiger partial charge < -0.3 is 84.5 Å². The molecule has 1 aromatic carbocycles. The number of aliphatic hydroxyl groups excluding tert-OH is 1. The number of nitrogens with zero attached hydrogens (tertiary/aromatic N) is 1. The van der Waals surface area contributed by atoms with E-state index in [1.807, 2.05) is 0 Å². The Hall–Kier alpha value is -7.51. The van der Waals surface area contributed by atoms with Gasteiger partial charge in [-0.05, 0) is 71.6 Å². The number of nitrogens with two attached hydrogens (primary N) is 1. The number of amides is 11. The van der Waals surface area contributed by atoms with Crippen LogP contribution in [0.25, 0.3) is 0 Å². The molecule has 0 saturated carbocycles. The van der Waals surface area contributed by atoms with E-state index in [0.717, 1.165) is 0 Å². The summed E-state index contributed by atoms with van der Waals surface area (Å²) < 4.78 is 0.